The van der Waals surface area contributed by atoms with Crippen LogP contribution in [0.3, 0.4) is 0 Å². The topological polar surface area (TPSA) is 69.5 Å². The number of nitrogens with zero attached hydrogens (tertiary/aromatic N) is 4. The van der Waals surface area contributed by atoms with Gasteiger partial charge in [0, 0.05) is 26.1 Å². The Morgan fingerprint density at radius 2 is 2.12 bits per heavy atom. The highest BCUT2D eigenvalue weighted by molar-refractivity contribution is 7.99. The minimum atomic E-state index is 0.145. The van der Waals surface area contributed by atoms with Crippen molar-refractivity contribution in [1.29, 1.82) is 0 Å². The van der Waals surface area contributed by atoms with Crippen molar-refractivity contribution in [2.45, 2.75) is 50.4 Å². The third-order valence-corrected chi connectivity index (χ3v) is 5.32. The summed E-state index contributed by atoms with van der Waals surface area (Å²) >= 11 is 1.48. The Hall–Kier alpha value is -1.12. The van der Waals surface area contributed by atoms with Crippen molar-refractivity contribution in [2.75, 3.05) is 38.7 Å². The van der Waals surface area contributed by atoms with E-state index >= 15 is 0 Å². The van der Waals surface area contributed by atoms with E-state index in [9.17, 15) is 4.79 Å². The lowest BCUT2D eigenvalue weighted by Crippen LogP contribution is -2.41. The Labute approximate surface area is 147 Å². The van der Waals surface area contributed by atoms with Crippen LogP contribution in [0.2, 0.25) is 0 Å². The smallest absolute Gasteiger partial charge is 0.233 e. The van der Waals surface area contributed by atoms with Gasteiger partial charge in [0.15, 0.2) is 5.16 Å². The zero-order chi connectivity index (χ0) is 16.8. The van der Waals surface area contributed by atoms with Gasteiger partial charge in [-0.25, -0.2) is 0 Å². The Bertz CT molecular complexity index is 539. The normalized spacial score (nSPS) is 21.4. The molecule has 0 saturated carbocycles. The Morgan fingerprint density at radius 1 is 1.29 bits per heavy atom. The van der Waals surface area contributed by atoms with Gasteiger partial charge in [0.25, 0.3) is 0 Å². The second-order valence-electron chi connectivity index (χ2n) is 6.18. The molecule has 2 aliphatic rings. The molecule has 0 N–H and O–H groups in total. The van der Waals surface area contributed by atoms with Crippen molar-refractivity contribution < 1.29 is 14.3 Å². The van der Waals surface area contributed by atoms with Gasteiger partial charge in [-0.15, -0.1) is 10.2 Å². The van der Waals surface area contributed by atoms with E-state index in [1.54, 1.807) is 0 Å². The van der Waals surface area contributed by atoms with Gasteiger partial charge >= 0.3 is 0 Å². The van der Waals surface area contributed by atoms with Gasteiger partial charge in [-0.3, -0.25) is 4.79 Å². The number of hydrogen-bond acceptors (Lipinski definition) is 6. The molecule has 1 aromatic rings. The molecule has 0 radical (unpaired) electrons. The van der Waals surface area contributed by atoms with Crippen LogP contribution in [0.1, 0.15) is 32.0 Å². The van der Waals surface area contributed by atoms with Gasteiger partial charge in [0.1, 0.15) is 5.82 Å². The lowest BCUT2D eigenvalue weighted by molar-refractivity contribution is -0.132. The standard InChI is InChI=1S/C16H26N4O3S/c1-2-4-14-17-18-16(20(14)11-13-5-3-8-23-13)24-12-15(21)19-6-9-22-10-7-19/h13H,2-12H2,1H3/t13-/m0/s1. The van der Waals surface area contributed by atoms with Crippen LogP contribution in [0.5, 0.6) is 0 Å². The molecular formula is C16H26N4O3S. The van der Waals surface area contributed by atoms with Crippen molar-refractivity contribution in [3.63, 3.8) is 0 Å². The summed E-state index contributed by atoms with van der Waals surface area (Å²) < 4.78 is 13.2. The molecule has 1 aromatic heterocycles. The third kappa shape index (κ3) is 4.49. The van der Waals surface area contributed by atoms with Crippen molar-refractivity contribution in [2.24, 2.45) is 0 Å². The molecule has 0 aromatic carbocycles. The molecule has 24 heavy (non-hydrogen) atoms. The minimum Gasteiger partial charge on any atom is -0.378 e. The summed E-state index contributed by atoms with van der Waals surface area (Å²) in [5.41, 5.74) is 0. The fraction of sp³-hybridized carbons (Fsp3) is 0.812. The molecule has 0 spiro atoms. The highest BCUT2D eigenvalue weighted by atomic mass is 32.2. The second-order valence-corrected chi connectivity index (χ2v) is 7.12. The Balaban J connectivity index is 1.61. The molecule has 0 bridgehead atoms. The highest BCUT2D eigenvalue weighted by Crippen LogP contribution is 2.22. The van der Waals surface area contributed by atoms with E-state index in [4.69, 9.17) is 9.47 Å². The Kier molecular flexibility index (Phi) is 6.51. The molecule has 1 atom stereocenters. The van der Waals surface area contributed by atoms with Gasteiger partial charge in [0.2, 0.25) is 5.91 Å². The van der Waals surface area contributed by atoms with E-state index in [-0.39, 0.29) is 12.0 Å². The number of carbonyl (C=O) groups excluding carboxylic acids is 1. The molecule has 0 aliphatic carbocycles. The number of rotatable bonds is 7. The van der Waals surface area contributed by atoms with Crippen LogP contribution in [-0.4, -0.2) is 70.3 Å². The summed E-state index contributed by atoms with van der Waals surface area (Å²) in [6.45, 7) is 6.40. The summed E-state index contributed by atoms with van der Waals surface area (Å²) in [7, 11) is 0. The maximum absolute atomic E-state index is 12.3. The monoisotopic (exact) mass is 354 g/mol. The van der Waals surface area contributed by atoms with Gasteiger partial charge < -0.3 is 18.9 Å². The van der Waals surface area contributed by atoms with Crippen LogP contribution in [-0.2, 0) is 27.2 Å². The number of carbonyl (C=O) groups is 1. The number of amides is 1. The van der Waals surface area contributed by atoms with Crippen molar-refractivity contribution >= 4 is 17.7 Å². The lowest BCUT2D eigenvalue weighted by atomic mass is 10.2. The van der Waals surface area contributed by atoms with E-state index < -0.39 is 0 Å². The first-order chi connectivity index (χ1) is 11.8. The van der Waals surface area contributed by atoms with Gasteiger partial charge in [-0.1, -0.05) is 18.7 Å². The number of aromatic nitrogens is 3. The molecular weight excluding hydrogens is 328 g/mol. The summed E-state index contributed by atoms with van der Waals surface area (Å²) in [6, 6.07) is 0. The van der Waals surface area contributed by atoms with Crippen LogP contribution >= 0.6 is 11.8 Å². The van der Waals surface area contributed by atoms with E-state index in [0.29, 0.717) is 32.1 Å². The number of thioether (sulfide) groups is 1. The molecule has 0 unspecified atom stereocenters. The summed E-state index contributed by atoms with van der Waals surface area (Å²) in [6.07, 6.45) is 4.37. The molecule has 7 nitrogen and oxygen atoms in total. The number of ether oxygens (including phenoxy) is 2. The fourth-order valence-electron chi connectivity index (χ4n) is 3.04. The third-order valence-electron chi connectivity index (χ3n) is 4.37. The molecule has 134 valence electrons. The maximum Gasteiger partial charge on any atom is 0.233 e. The molecule has 8 heteroatoms. The first-order valence-corrected chi connectivity index (χ1v) is 9.78. The van der Waals surface area contributed by atoms with Crippen LogP contribution in [0.25, 0.3) is 0 Å². The summed E-state index contributed by atoms with van der Waals surface area (Å²) in [5.74, 6) is 1.54. The quantitative estimate of drug-likeness (QED) is 0.689. The Morgan fingerprint density at radius 3 is 2.83 bits per heavy atom. The molecule has 3 heterocycles. The molecule has 2 aliphatic heterocycles. The average molecular weight is 354 g/mol. The molecule has 2 saturated heterocycles. The zero-order valence-electron chi connectivity index (χ0n) is 14.3. The molecule has 1 amide bonds. The molecule has 2 fully saturated rings. The van der Waals surface area contributed by atoms with E-state index in [0.717, 1.165) is 49.8 Å². The predicted molar refractivity (Wildman–Crippen MR) is 91.1 cm³/mol. The minimum absolute atomic E-state index is 0.145. The van der Waals surface area contributed by atoms with Crippen LogP contribution in [0.4, 0.5) is 0 Å². The number of aryl methyl sites for hydroxylation is 1. The van der Waals surface area contributed by atoms with Crippen LogP contribution in [0.15, 0.2) is 5.16 Å². The van der Waals surface area contributed by atoms with Gasteiger partial charge in [-0.05, 0) is 19.3 Å². The van der Waals surface area contributed by atoms with Crippen molar-refractivity contribution in [3.8, 4) is 0 Å². The zero-order valence-corrected chi connectivity index (χ0v) is 15.1. The summed E-state index contributed by atoms with van der Waals surface area (Å²) in [4.78, 5) is 14.2. The van der Waals surface area contributed by atoms with E-state index in [1.165, 1.54) is 11.8 Å². The van der Waals surface area contributed by atoms with E-state index in [1.807, 2.05) is 4.90 Å². The number of morpholine rings is 1. The first kappa shape index (κ1) is 17.7. The maximum atomic E-state index is 12.3. The highest BCUT2D eigenvalue weighted by Gasteiger charge is 2.22. The first-order valence-electron chi connectivity index (χ1n) is 8.80. The van der Waals surface area contributed by atoms with Crippen LogP contribution in [0, 0.1) is 0 Å². The second kappa shape index (κ2) is 8.82. The van der Waals surface area contributed by atoms with Crippen LogP contribution < -0.4 is 0 Å². The average Bonchev–Trinajstić information content (AvgIpc) is 3.25. The SMILES string of the molecule is CCCc1nnc(SCC(=O)N2CCOCC2)n1C[C@@H]1CCCO1. The summed E-state index contributed by atoms with van der Waals surface area (Å²) in [5, 5.41) is 9.48. The number of hydrogen-bond donors (Lipinski definition) is 0. The predicted octanol–water partition coefficient (Wildman–Crippen LogP) is 1.36. The van der Waals surface area contributed by atoms with Gasteiger partial charge in [-0.2, -0.15) is 0 Å². The lowest BCUT2D eigenvalue weighted by Gasteiger charge is -2.26. The fourth-order valence-corrected chi connectivity index (χ4v) is 3.91. The van der Waals surface area contributed by atoms with Gasteiger partial charge in [0.05, 0.1) is 31.6 Å². The van der Waals surface area contributed by atoms with Crippen molar-refractivity contribution in [3.05, 3.63) is 5.82 Å². The largest absolute Gasteiger partial charge is 0.378 e. The van der Waals surface area contributed by atoms with Crippen molar-refractivity contribution in [1.82, 2.24) is 19.7 Å². The van der Waals surface area contributed by atoms with E-state index in [2.05, 4.69) is 21.7 Å². The molecule has 3 rings (SSSR count).